The molecule has 0 aliphatic rings. The first-order valence-electron chi connectivity index (χ1n) is 4.59. The lowest BCUT2D eigenvalue weighted by Crippen LogP contribution is -2.36. The van der Waals surface area contributed by atoms with E-state index in [0.717, 1.165) is 0 Å². The van der Waals surface area contributed by atoms with E-state index in [4.69, 9.17) is 17.2 Å². The van der Waals surface area contributed by atoms with Crippen molar-refractivity contribution >= 4 is 17.5 Å². The van der Waals surface area contributed by atoms with Crippen molar-refractivity contribution in [2.75, 3.05) is 16.8 Å². The fraction of sp³-hybridized carbons (Fsp3) is 0.500. The Morgan fingerprint density at radius 3 is 2.53 bits per heavy atom. The maximum Gasteiger partial charge on any atom is 0.277 e. The van der Waals surface area contributed by atoms with Gasteiger partial charge in [-0.3, -0.25) is 9.78 Å². The molecule has 7 heteroatoms. The van der Waals surface area contributed by atoms with Gasteiger partial charge in [-0.05, 0) is 13.8 Å². The number of anilines is 3. The molecule has 0 aromatic carbocycles. The molecule has 1 aromatic heterocycles. The Bertz CT molecular complexity index is 399. The zero-order valence-corrected chi connectivity index (χ0v) is 8.74. The molecule has 0 amide bonds. The molecule has 8 N–H and O–H groups in total. The number of nitrogen functional groups attached to an aromatic ring is 2. The van der Waals surface area contributed by atoms with Gasteiger partial charge in [0.1, 0.15) is 5.69 Å². The Morgan fingerprint density at radius 2 is 2.00 bits per heavy atom. The molecule has 0 aliphatic carbocycles. The molecule has 1 heterocycles. The minimum atomic E-state index is -0.457. The van der Waals surface area contributed by atoms with Gasteiger partial charge in [-0.2, -0.15) is 4.98 Å². The van der Waals surface area contributed by atoms with Gasteiger partial charge in [0.25, 0.3) is 5.56 Å². The Morgan fingerprint density at radius 1 is 1.40 bits per heavy atom. The SMILES string of the molecule is C[C@H](N)[C@@H](C)Nc1nc(N)[nH]c(=O)c1N. The highest BCUT2D eigenvalue weighted by molar-refractivity contribution is 5.61. The van der Waals surface area contributed by atoms with Crippen molar-refractivity contribution < 1.29 is 0 Å². The number of H-pyrrole nitrogens is 1. The second kappa shape index (κ2) is 4.18. The summed E-state index contributed by atoms with van der Waals surface area (Å²) in [6.45, 7) is 3.70. The van der Waals surface area contributed by atoms with Crippen LogP contribution in [0.3, 0.4) is 0 Å². The van der Waals surface area contributed by atoms with Crippen molar-refractivity contribution in [3.8, 4) is 0 Å². The maximum absolute atomic E-state index is 11.2. The third-order valence-corrected chi connectivity index (χ3v) is 2.13. The molecule has 0 aliphatic heterocycles. The van der Waals surface area contributed by atoms with Gasteiger partial charge in [0.05, 0.1) is 0 Å². The van der Waals surface area contributed by atoms with Gasteiger partial charge in [-0.1, -0.05) is 0 Å². The predicted molar refractivity (Wildman–Crippen MR) is 60.4 cm³/mol. The first-order chi connectivity index (χ1) is 6.91. The lowest BCUT2D eigenvalue weighted by atomic mass is 10.2. The van der Waals surface area contributed by atoms with Crippen LogP contribution in [0.15, 0.2) is 4.79 Å². The van der Waals surface area contributed by atoms with Gasteiger partial charge >= 0.3 is 0 Å². The number of nitrogens with one attached hydrogen (secondary N) is 2. The quantitative estimate of drug-likeness (QED) is 0.439. The number of aromatic amines is 1. The zero-order chi connectivity index (χ0) is 11.6. The molecule has 1 aromatic rings. The molecule has 0 fully saturated rings. The molecular formula is C8H16N6O. The molecule has 1 rings (SSSR count). The van der Waals surface area contributed by atoms with Crippen LogP contribution >= 0.6 is 0 Å². The molecule has 0 unspecified atom stereocenters. The summed E-state index contributed by atoms with van der Waals surface area (Å²) in [4.78, 5) is 17.4. The van der Waals surface area contributed by atoms with Crippen LogP contribution in [-0.4, -0.2) is 22.1 Å². The molecule has 15 heavy (non-hydrogen) atoms. The average molecular weight is 212 g/mol. The summed E-state index contributed by atoms with van der Waals surface area (Å²) in [6.07, 6.45) is 0. The van der Waals surface area contributed by atoms with Crippen LogP contribution in [-0.2, 0) is 0 Å². The molecule has 0 radical (unpaired) electrons. The number of rotatable bonds is 3. The van der Waals surface area contributed by atoms with E-state index in [0.29, 0.717) is 0 Å². The third-order valence-electron chi connectivity index (χ3n) is 2.13. The number of hydrogen-bond acceptors (Lipinski definition) is 6. The maximum atomic E-state index is 11.2. The van der Waals surface area contributed by atoms with Crippen LogP contribution in [0.25, 0.3) is 0 Å². The molecule has 0 saturated carbocycles. The lowest BCUT2D eigenvalue weighted by Gasteiger charge is -2.18. The van der Waals surface area contributed by atoms with Gasteiger partial charge in [-0.25, -0.2) is 0 Å². The molecule has 7 nitrogen and oxygen atoms in total. The van der Waals surface area contributed by atoms with Gasteiger partial charge in [-0.15, -0.1) is 0 Å². The molecule has 84 valence electrons. The molecule has 0 bridgehead atoms. The number of nitrogens with two attached hydrogens (primary N) is 3. The number of hydrogen-bond donors (Lipinski definition) is 5. The highest BCUT2D eigenvalue weighted by Crippen LogP contribution is 2.12. The summed E-state index contributed by atoms with van der Waals surface area (Å²) in [5, 5.41) is 2.93. The first kappa shape index (κ1) is 11.3. The second-order valence-electron chi connectivity index (χ2n) is 3.51. The van der Waals surface area contributed by atoms with Crippen LogP contribution < -0.4 is 28.1 Å². The Hall–Kier alpha value is -1.76. The number of aromatic nitrogens is 2. The zero-order valence-electron chi connectivity index (χ0n) is 8.74. The van der Waals surface area contributed by atoms with E-state index < -0.39 is 5.56 Å². The Balaban J connectivity index is 3.00. The van der Waals surface area contributed by atoms with Crippen LogP contribution in [0.4, 0.5) is 17.5 Å². The standard InChI is InChI=1S/C8H16N6O/c1-3(9)4(2)12-6-5(10)7(15)14-8(11)13-6/h3-4H,9-10H2,1-2H3,(H4,11,12,13,14,15)/t3-,4+/m0/s1. The van der Waals surface area contributed by atoms with E-state index in [-0.39, 0.29) is 29.5 Å². The summed E-state index contributed by atoms with van der Waals surface area (Å²) in [6, 6.07) is -0.146. The summed E-state index contributed by atoms with van der Waals surface area (Å²) in [5.41, 5.74) is 16.1. The highest BCUT2D eigenvalue weighted by atomic mass is 16.1. The summed E-state index contributed by atoms with van der Waals surface area (Å²) < 4.78 is 0. The average Bonchev–Trinajstić information content (AvgIpc) is 2.13. The smallest absolute Gasteiger partial charge is 0.277 e. The summed E-state index contributed by atoms with van der Waals surface area (Å²) in [7, 11) is 0. The van der Waals surface area contributed by atoms with Crippen molar-refractivity contribution in [2.45, 2.75) is 25.9 Å². The predicted octanol–water partition coefficient (Wildman–Crippen LogP) is -0.918. The van der Waals surface area contributed by atoms with E-state index in [1.807, 2.05) is 13.8 Å². The topological polar surface area (TPSA) is 136 Å². The van der Waals surface area contributed by atoms with E-state index in [2.05, 4.69) is 15.3 Å². The summed E-state index contributed by atoms with van der Waals surface area (Å²) in [5.74, 6) is 0.287. The number of nitrogens with zero attached hydrogens (tertiary/aromatic N) is 1. The van der Waals surface area contributed by atoms with Gasteiger partial charge < -0.3 is 22.5 Å². The molecule has 0 spiro atoms. The third kappa shape index (κ3) is 2.59. The van der Waals surface area contributed by atoms with Gasteiger partial charge in [0.2, 0.25) is 5.95 Å². The summed E-state index contributed by atoms with van der Waals surface area (Å²) >= 11 is 0. The monoisotopic (exact) mass is 212 g/mol. The van der Waals surface area contributed by atoms with Crippen molar-refractivity contribution in [2.24, 2.45) is 5.73 Å². The van der Waals surface area contributed by atoms with Crippen molar-refractivity contribution in [1.82, 2.24) is 9.97 Å². The lowest BCUT2D eigenvalue weighted by molar-refractivity contribution is 0.636. The second-order valence-corrected chi connectivity index (χ2v) is 3.51. The minimum Gasteiger partial charge on any atom is -0.391 e. The first-order valence-corrected chi connectivity index (χ1v) is 4.59. The Kier molecular flexibility index (Phi) is 3.15. The fourth-order valence-corrected chi connectivity index (χ4v) is 0.957. The van der Waals surface area contributed by atoms with E-state index in [1.165, 1.54) is 0 Å². The normalized spacial score (nSPS) is 14.6. The van der Waals surface area contributed by atoms with Crippen molar-refractivity contribution in [3.05, 3.63) is 10.4 Å². The molecule has 0 saturated heterocycles. The van der Waals surface area contributed by atoms with Crippen LogP contribution in [0.2, 0.25) is 0 Å². The van der Waals surface area contributed by atoms with E-state index in [9.17, 15) is 4.79 Å². The highest BCUT2D eigenvalue weighted by Gasteiger charge is 2.12. The Labute approximate surface area is 87.1 Å². The van der Waals surface area contributed by atoms with Crippen LogP contribution in [0, 0.1) is 0 Å². The van der Waals surface area contributed by atoms with Crippen LogP contribution in [0.1, 0.15) is 13.8 Å². The van der Waals surface area contributed by atoms with Crippen molar-refractivity contribution in [1.29, 1.82) is 0 Å². The van der Waals surface area contributed by atoms with Crippen molar-refractivity contribution in [3.63, 3.8) is 0 Å². The minimum absolute atomic E-state index is 0.0108. The fourth-order valence-electron chi connectivity index (χ4n) is 0.957. The van der Waals surface area contributed by atoms with Gasteiger partial charge in [0, 0.05) is 12.1 Å². The van der Waals surface area contributed by atoms with E-state index >= 15 is 0 Å². The largest absolute Gasteiger partial charge is 0.391 e. The van der Waals surface area contributed by atoms with Crippen LogP contribution in [0.5, 0.6) is 0 Å². The van der Waals surface area contributed by atoms with Gasteiger partial charge in [0.15, 0.2) is 5.82 Å². The molecule has 2 atom stereocenters. The molecular weight excluding hydrogens is 196 g/mol. The van der Waals surface area contributed by atoms with E-state index in [1.54, 1.807) is 0 Å².